The van der Waals surface area contributed by atoms with E-state index in [1.54, 1.807) is 31.4 Å². The summed E-state index contributed by atoms with van der Waals surface area (Å²) in [6.45, 7) is 0. The number of Topliss-reactive ketones (excluding diaryl/α,β-unsaturated/α-hetero) is 1. The molecule has 148 valence electrons. The van der Waals surface area contributed by atoms with Crippen molar-refractivity contribution in [3.8, 4) is 11.8 Å². The van der Waals surface area contributed by atoms with Crippen molar-refractivity contribution >= 4 is 28.3 Å². The number of para-hydroxylation sites is 1. The Hall–Kier alpha value is -3.55. The van der Waals surface area contributed by atoms with E-state index in [4.69, 9.17) is 16.3 Å². The number of fused-ring (bicyclic) bond motifs is 1. The fourth-order valence-electron chi connectivity index (χ4n) is 3.68. The highest BCUT2D eigenvalue weighted by atomic mass is 35.5. The molecule has 5 heteroatoms. The van der Waals surface area contributed by atoms with E-state index in [-0.39, 0.29) is 18.2 Å². The maximum atomic E-state index is 13.1. The third-order valence-corrected chi connectivity index (χ3v) is 5.49. The van der Waals surface area contributed by atoms with Crippen LogP contribution in [0.4, 0.5) is 0 Å². The van der Waals surface area contributed by atoms with Crippen LogP contribution in [0.25, 0.3) is 10.9 Å². The van der Waals surface area contributed by atoms with Crippen LogP contribution in [-0.2, 0) is 0 Å². The quantitative estimate of drug-likeness (QED) is 0.361. The monoisotopic (exact) mass is 414 g/mol. The largest absolute Gasteiger partial charge is 0.497 e. The summed E-state index contributed by atoms with van der Waals surface area (Å²) in [4.78, 5) is 13.1. The van der Waals surface area contributed by atoms with E-state index in [1.807, 2.05) is 59.3 Å². The smallest absolute Gasteiger partial charge is 0.165 e. The standard InChI is InChI=1S/C25H19ClN2O2/c1-30-21-12-8-18(9-13-21)25(29)14-24(17-6-10-20(26)11-7-17)28-16-19(15-27)22-4-2-3-5-23(22)28/h2-13,16,24H,14H2,1H3. The summed E-state index contributed by atoms with van der Waals surface area (Å²) in [7, 11) is 1.59. The average Bonchev–Trinajstić information content (AvgIpc) is 3.17. The summed E-state index contributed by atoms with van der Waals surface area (Å²) < 4.78 is 7.20. The van der Waals surface area contributed by atoms with Crippen molar-refractivity contribution in [1.29, 1.82) is 5.26 Å². The first kappa shape index (κ1) is 19.8. The lowest BCUT2D eigenvalue weighted by atomic mass is 9.97. The number of hydrogen-bond acceptors (Lipinski definition) is 3. The second kappa shape index (κ2) is 8.44. The number of carbonyl (C=O) groups excluding carboxylic acids is 1. The second-order valence-corrected chi connectivity index (χ2v) is 7.44. The molecule has 0 aliphatic heterocycles. The Labute approximate surface area is 179 Å². The van der Waals surface area contributed by atoms with Crippen molar-refractivity contribution in [2.24, 2.45) is 0 Å². The Balaban J connectivity index is 1.78. The molecule has 0 radical (unpaired) electrons. The third-order valence-electron chi connectivity index (χ3n) is 5.24. The molecule has 0 bridgehead atoms. The van der Waals surface area contributed by atoms with Gasteiger partial charge in [-0.1, -0.05) is 41.9 Å². The van der Waals surface area contributed by atoms with Gasteiger partial charge in [0.1, 0.15) is 11.8 Å². The van der Waals surface area contributed by atoms with Gasteiger partial charge in [0.15, 0.2) is 5.78 Å². The SMILES string of the molecule is COc1ccc(C(=O)CC(c2ccc(Cl)cc2)n2cc(C#N)c3ccccc32)cc1. The summed E-state index contributed by atoms with van der Waals surface area (Å²) in [5.41, 5.74) is 3.07. The first-order valence-corrected chi connectivity index (χ1v) is 9.91. The molecule has 1 heterocycles. The molecule has 4 aromatic rings. The van der Waals surface area contributed by atoms with Gasteiger partial charge in [-0.3, -0.25) is 4.79 Å². The molecule has 0 saturated heterocycles. The van der Waals surface area contributed by atoms with Gasteiger partial charge in [0.2, 0.25) is 0 Å². The van der Waals surface area contributed by atoms with E-state index in [0.717, 1.165) is 16.5 Å². The first-order chi connectivity index (χ1) is 14.6. The number of carbonyl (C=O) groups is 1. The van der Waals surface area contributed by atoms with Crippen LogP contribution in [0.1, 0.15) is 33.9 Å². The van der Waals surface area contributed by atoms with E-state index in [2.05, 4.69) is 6.07 Å². The van der Waals surface area contributed by atoms with Gasteiger partial charge < -0.3 is 9.30 Å². The molecular weight excluding hydrogens is 396 g/mol. The summed E-state index contributed by atoms with van der Waals surface area (Å²) in [5.74, 6) is 0.713. The van der Waals surface area contributed by atoms with E-state index in [1.165, 1.54) is 0 Å². The lowest BCUT2D eigenvalue weighted by molar-refractivity contribution is 0.0970. The minimum atomic E-state index is -0.274. The molecule has 0 N–H and O–H groups in total. The maximum Gasteiger partial charge on any atom is 0.165 e. The molecule has 0 spiro atoms. The molecule has 0 amide bonds. The lowest BCUT2D eigenvalue weighted by Crippen LogP contribution is -2.15. The Morgan fingerprint density at radius 3 is 2.43 bits per heavy atom. The highest BCUT2D eigenvalue weighted by molar-refractivity contribution is 6.30. The van der Waals surface area contributed by atoms with Crippen LogP contribution >= 0.6 is 11.6 Å². The molecule has 0 saturated carbocycles. The van der Waals surface area contributed by atoms with E-state index in [9.17, 15) is 10.1 Å². The van der Waals surface area contributed by atoms with E-state index >= 15 is 0 Å². The van der Waals surface area contributed by atoms with Gasteiger partial charge in [0.25, 0.3) is 0 Å². The number of halogens is 1. The van der Waals surface area contributed by atoms with Crippen LogP contribution in [0.3, 0.4) is 0 Å². The Kier molecular flexibility index (Phi) is 5.56. The number of nitriles is 1. The van der Waals surface area contributed by atoms with Crippen molar-refractivity contribution in [3.05, 3.63) is 101 Å². The first-order valence-electron chi connectivity index (χ1n) is 9.53. The maximum absolute atomic E-state index is 13.1. The van der Waals surface area contributed by atoms with Gasteiger partial charge in [0.05, 0.1) is 18.7 Å². The lowest BCUT2D eigenvalue weighted by Gasteiger charge is -2.20. The highest BCUT2D eigenvalue weighted by Gasteiger charge is 2.22. The fourth-order valence-corrected chi connectivity index (χ4v) is 3.81. The number of benzene rings is 3. The molecule has 4 nitrogen and oxygen atoms in total. The molecule has 1 unspecified atom stereocenters. The van der Waals surface area contributed by atoms with E-state index in [0.29, 0.717) is 21.9 Å². The van der Waals surface area contributed by atoms with Gasteiger partial charge in [-0.2, -0.15) is 5.26 Å². The minimum Gasteiger partial charge on any atom is -0.497 e. The number of nitrogens with zero attached hydrogens (tertiary/aromatic N) is 2. The number of rotatable bonds is 6. The zero-order valence-corrected chi connectivity index (χ0v) is 17.1. The number of methoxy groups -OCH3 is 1. The van der Waals surface area contributed by atoms with Crippen LogP contribution in [0, 0.1) is 11.3 Å². The topological polar surface area (TPSA) is 55.0 Å². The van der Waals surface area contributed by atoms with Crippen LogP contribution in [0.15, 0.2) is 79.0 Å². The number of aromatic nitrogens is 1. The van der Waals surface area contributed by atoms with Crippen LogP contribution in [-0.4, -0.2) is 17.5 Å². The normalized spacial score (nSPS) is 11.8. The van der Waals surface area contributed by atoms with Crippen LogP contribution in [0.5, 0.6) is 5.75 Å². The molecule has 1 aromatic heterocycles. The number of hydrogen-bond donors (Lipinski definition) is 0. The fraction of sp³-hybridized carbons (Fsp3) is 0.120. The molecular formula is C25H19ClN2O2. The van der Waals surface area contributed by atoms with Gasteiger partial charge in [-0.25, -0.2) is 0 Å². The third kappa shape index (κ3) is 3.80. The second-order valence-electron chi connectivity index (χ2n) is 7.00. The van der Waals surface area contributed by atoms with Crippen molar-refractivity contribution in [2.45, 2.75) is 12.5 Å². The Morgan fingerprint density at radius 2 is 1.77 bits per heavy atom. The van der Waals surface area contributed by atoms with Crippen molar-refractivity contribution in [2.75, 3.05) is 7.11 Å². The Morgan fingerprint density at radius 1 is 1.07 bits per heavy atom. The molecule has 0 aliphatic rings. The van der Waals surface area contributed by atoms with Crippen LogP contribution in [0.2, 0.25) is 5.02 Å². The Bertz CT molecular complexity index is 1240. The average molecular weight is 415 g/mol. The van der Waals surface area contributed by atoms with Crippen molar-refractivity contribution in [3.63, 3.8) is 0 Å². The number of ketones is 1. The molecule has 4 rings (SSSR count). The summed E-state index contributed by atoms with van der Waals surface area (Å²) in [6, 6.07) is 24.3. The zero-order valence-electron chi connectivity index (χ0n) is 16.4. The van der Waals surface area contributed by atoms with Crippen molar-refractivity contribution in [1.82, 2.24) is 4.57 Å². The van der Waals surface area contributed by atoms with E-state index < -0.39 is 0 Å². The van der Waals surface area contributed by atoms with Gasteiger partial charge in [-0.15, -0.1) is 0 Å². The van der Waals surface area contributed by atoms with Gasteiger partial charge >= 0.3 is 0 Å². The van der Waals surface area contributed by atoms with Gasteiger partial charge in [-0.05, 0) is 48.0 Å². The summed E-state index contributed by atoms with van der Waals surface area (Å²) in [5, 5.41) is 11.1. The molecule has 30 heavy (non-hydrogen) atoms. The molecule has 0 aliphatic carbocycles. The summed E-state index contributed by atoms with van der Waals surface area (Å²) >= 11 is 6.09. The summed E-state index contributed by atoms with van der Waals surface area (Å²) in [6.07, 6.45) is 2.07. The molecule has 1 atom stereocenters. The molecule has 0 fully saturated rings. The zero-order chi connectivity index (χ0) is 21.1. The predicted molar refractivity (Wildman–Crippen MR) is 118 cm³/mol. The van der Waals surface area contributed by atoms with Crippen molar-refractivity contribution < 1.29 is 9.53 Å². The van der Waals surface area contributed by atoms with Crippen LogP contribution < -0.4 is 4.74 Å². The minimum absolute atomic E-state index is 0.00823. The molecule has 3 aromatic carbocycles. The number of ether oxygens (including phenoxy) is 1. The van der Waals surface area contributed by atoms with Gasteiger partial charge in [0, 0.05) is 34.1 Å². The highest BCUT2D eigenvalue weighted by Crippen LogP contribution is 2.32. The predicted octanol–water partition coefficient (Wildman–Crippen LogP) is 6.04.